The first-order valence-electron chi connectivity index (χ1n) is 5.00. The molecule has 0 bridgehead atoms. The van der Waals surface area contributed by atoms with Gasteiger partial charge < -0.3 is 10.4 Å². The van der Waals surface area contributed by atoms with Crippen LogP contribution in [0.1, 0.15) is 17.3 Å². The number of nitrogens with one attached hydrogen (secondary N) is 2. The average Bonchev–Trinajstić information content (AvgIpc) is 2.27. The highest BCUT2D eigenvalue weighted by molar-refractivity contribution is 5.96. The maximum atomic E-state index is 11.5. The van der Waals surface area contributed by atoms with Crippen LogP contribution in [0.5, 0.6) is 0 Å². The van der Waals surface area contributed by atoms with E-state index < -0.39 is 18.5 Å². The molecule has 18 heavy (non-hydrogen) atoms. The van der Waals surface area contributed by atoms with Crippen molar-refractivity contribution in [2.75, 3.05) is 11.9 Å². The van der Waals surface area contributed by atoms with Crippen LogP contribution in [-0.2, 0) is 14.4 Å². The second kappa shape index (κ2) is 6.36. The van der Waals surface area contributed by atoms with E-state index in [1.54, 1.807) is 12.1 Å². The molecule has 0 aromatic heterocycles. The molecule has 1 rings (SSSR count). The highest BCUT2D eigenvalue weighted by Gasteiger charge is 2.07. The zero-order valence-electron chi connectivity index (χ0n) is 9.60. The van der Waals surface area contributed by atoms with Gasteiger partial charge in [-0.25, -0.2) is 10.3 Å². The predicted octanol–water partition coefficient (Wildman–Crippen LogP) is 0.391. The van der Waals surface area contributed by atoms with E-state index in [0.717, 1.165) is 0 Å². The first-order valence-corrected chi connectivity index (χ1v) is 5.00. The van der Waals surface area contributed by atoms with Gasteiger partial charge in [-0.05, 0) is 18.2 Å². The van der Waals surface area contributed by atoms with Gasteiger partial charge in [0.2, 0.25) is 5.91 Å². The molecule has 1 aromatic rings. The van der Waals surface area contributed by atoms with Crippen LogP contribution in [0.25, 0.3) is 0 Å². The van der Waals surface area contributed by atoms with Crippen molar-refractivity contribution in [1.82, 2.24) is 5.48 Å². The molecule has 0 aliphatic carbocycles. The number of carboxylic acids is 1. The molecule has 0 radical (unpaired) electrons. The standard InChI is InChI=1S/C11H12N2O5/c1-7(14)12-9-4-2-3-8(5-9)11(17)13-18-6-10(15)16/h2-5H,6H2,1H3,(H,12,14)(H,13,17)(H,15,16). The Morgan fingerprint density at radius 1 is 1.33 bits per heavy atom. The third-order valence-electron chi connectivity index (χ3n) is 1.81. The fraction of sp³-hybridized carbons (Fsp3) is 0.182. The molecule has 0 saturated heterocycles. The number of anilines is 1. The monoisotopic (exact) mass is 252 g/mol. The van der Waals surface area contributed by atoms with Crippen molar-refractivity contribution in [1.29, 1.82) is 0 Å². The van der Waals surface area contributed by atoms with Crippen molar-refractivity contribution in [2.24, 2.45) is 0 Å². The van der Waals surface area contributed by atoms with E-state index in [2.05, 4.69) is 10.2 Å². The number of hydrogen-bond donors (Lipinski definition) is 3. The molecular weight excluding hydrogens is 240 g/mol. The van der Waals surface area contributed by atoms with Crippen molar-refractivity contribution in [3.8, 4) is 0 Å². The van der Waals surface area contributed by atoms with Gasteiger partial charge in [-0.15, -0.1) is 0 Å². The molecule has 0 saturated carbocycles. The van der Waals surface area contributed by atoms with E-state index in [1.165, 1.54) is 19.1 Å². The second-order valence-electron chi connectivity index (χ2n) is 3.38. The Morgan fingerprint density at radius 3 is 2.67 bits per heavy atom. The van der Waals surface area contributed by atoms with E-state index in [1.807, 2.05) is 5.48 Å². The van der Waals surface area contributed by atoms with Crippen LogP contribution in [0.4, 0.5) is 5.69 Å². The SMILES string of the molecule is CC(=O)Nc1cccc(C(=O)NOCC(=O)O)c1. The van der Waals surface area contributed by atoms with Gasteiger partial charge in [0.15, 0.2) is 6.61 Å². The minimum absolute atomic E-state index is 0.242. The summed E-state index contributed by atoms with van der Waals surface area (Å²) in [4.78, 5) is 37.0. The third-order valence-corrected chi connectivity index (χ3v) is 1.81. The normalized spacial score (nSPS) is 9.61. The highest BCUT2D eigenvalue weighted by atomic mass is 16.7. The second-order valence-corrected chi connectivity index (χ2v) is 3.38. The van der Waals surface area contributed by atoms with Gasteiger partial charge in [0.25, 0.3) is 5.91 Å². The first-order chi connectivity index (χ1) is 8.49. The molecule has 0 atom stereocenters. The number of hydrogen-bond acceptors (Lipinski definition) is 4. The van der Waals surface area contributed by atoms with Gasteiger partial charge in [-0.1, -0.05) is 6.07 Å². The largest absolute Gasteiger partial charge is 0.479 e. The van der Waals surface area contributed by atoms with Gasteiger partial charge in [-0.3, -0.25) is 14.4 Å². The molecule has 0 fully saturated rings. The average molecular weight is 252 g/mol. The third kappa shape index (κ3) is 4.62. The molecule has 1 aromatic carbocycles. The minimum Gasteiger partial charge on any atom is -0.479 e. The lowest BCUT2D eigenvalue weighted by atomic mass is 10.2. The number of hydroxylamine groups is 1. The number of rotatable bonds is 5. The summed E-state index contributed by atoms with van der Waals surface area (Å²) in [5, 5.41) is 10.8. The van der Waals surface area contributed by atoms with Crippen molar-refractivity contribution in [3.63, 3.8) is 0 Å². The Morgan fingerprint density at radius 2 is 2.06 bits per heavy atom. The molecule has 7 heteroatoms. The van der Waals surface area contributed by atoms with E-state index in [-0.39, 0.29) is 11.5 Å². The van der Waals surface area contributed by atoms with Crippen molar-refractivity contribution < 1.29 is 24.3 Å². The lowest BCUT2D eigenvalue weighted by Gasteiger charge is -2.06. The van der Waals surface area contributed by atoms with Crippen LogP contribution in [0, 0.1) is 0 Å². The van der Waals surface area contributed by atoms with E-state index in [0.29, 0.717) is 5.69 Å². The fourth-order valence-corrected chi connectivity index (χ4v) is 1.16. The summed E-state index contributed by atoms with van der Waals surface area (Å²) in [7, 11) is 0. The van der Waals surface area contributed by atoms with E-state index in [9.17, 15) is 14.4 Å². The maximum Gasteiger partial charge on any atom is 0.332 e. The van der Waals surface area contributed by atoms with Gasteiger partial charge in [0, 0.05) is 18.2 Å². The molecule has 3 N–H and O–H groups in total. The Bertz CT molecular complexity index is 472. The molecule has 0 spiro atoms. The summed E-state index contributed by atoms with van der Waals surface area (Å²) in [5.41, 5.74) is 2.69. The summed E-state index contributed by atoms with van der Waals surface area (Å²) < 4.78 is 0. The number of carbonyl (C=O) groups excluding carboxylic acids is 2. The van der Waals surface area contributed by atoms with Crippen LogP contribution >= 0.6 is 0 Å². The summed E-state index contributed by atoms with van der Waals surface area (Å²) in [6.45, 7) is 0.722. The van der Waals surface area contributed by atoms with Crippen LogP contribution in [-0.4, -0.2) is 29.5 Å². The molecule has 0 heterocycles. The number of carboxylic acid groups (broad SMARTS) is 1. The fourth-order valence-electron chi connectivity index (χ4n) is 1.16. The molecule has 0 unspecified atom stereocenters. The lowest BCUT2D eigenvalue weighted by molar-refractivity contribution is -0.144. The Balaban J connectivity index is 2.62. The number of aliphatic carboxylic acids is 1. The maximum absolute atomic E-state index is 11.5. The molecule has 0 aliphatic rings. The molecule has 0 aliphatic heterocycles. The quantitative estimate of drug-likeness (QED) is 0.657. The Kier molecular flexibility index (Phi) is 4.82. The topological polar surface area (TPSA) is 105 Å². The highest BCUT2D eigenvalue weighted by Crippen LogP contribution is 2.10. The van der Waals surface area contributed by atoms with Gasteiger partial charge >= 0.3 is 5.97 Å². The van der Waals surface area contributed by atoms with Crippen molar-refractivity contribution >= 4 is 23.5 Å². The summed E-state index contributed by atoms with van der Waals surface area (Å²) in [6.07, 6.45) is 0. The Hall–Kier alpha value is -2.41. The van der Waals surface area contributed by atoms with Crippen molar-refractivity contribution in [2.45, 2.75) is 6.92 Å². The molecule has 2 amide bonds. The van der Waals surface area contributed by atoms with E-state index >= 15 is 0 Å². The first kappa shape index (κ1) is 13.7. The smallest absolute Gasteiger partial charge is 0.332 e. The number of amides is 2. The van der Waals surface area contributed by atoms with Crippen molar-refractivity contribution in [3.05, 3.63) is 29.8 Å². The number of benzene rings is 1. The van der Waals surface area contributed by atoms with Gasteiger partial charge in [-0.2, -0.15) is 0 Å². The van der Waals surface area contributed by atoms with E-state index in [4.69, 9.17) is 5.11 Å². The molecule has 7 nitrogen and oxygen atoms in total. The summed E-state index contributed by atoms with van der Waals surface area (Å²) in [5.74, 6) is -2.04. The zero-order valence-corrected chi connectivity index (χ0v) is 9.60. The minimum atomic E-state index is -1.19. The van der Waals surface area contributed by atoms with Gasteiger partial charge in [0.1, 0.15) is 0 Å². The van der Waals surface area contributed by atoms with Crippen LogP contribution in [0.2, 0.25) is 0 Å². The summed E-state index contributed by atoms with van der Waals surface area (Å²) in [6, 6.07) is 6.15. The molecular formula is C11H12N2O5. The lowest BCUT2D eigenvalue weighted by Crippen LogP contribution is -2.26. The molecule has 96 valence electrons. The predicted molar refractivity (Wildman–Crippen MR) is 61.8 cm³/mol. The van der Waals surface area contributed by atoms with Crippen LogP contribution in [0.3, 0.4) is 0 Å². The van der Waals surface area contributed by atoms with Crippen LogP contribution in [0.15, 0.2) is 24.3 Å². The zero-order chi connectivity index (χ0) is 13.5. The summed E-state index contributed by atoms with van der Waals surface area (Å²) >= 11 is 0. The Labute approximate surface area is 103 Å². The number of carbonyl (C=O) groups is 3. The van der Waals surface area contributed by atoms with Gasteiger partial charge in [0.05, 0.1) is 0 Å². The van der Waals surface area contributed by atoms with Crippen LogP contribution < -0.4 is 10.8 Å².